The third-order valence-corrected chi connectivity index (χ3v) is 1.48. The quantitative estimate of drug-likeness (QED) is 0.644. The molecule has 0 spiro atoms. The lowest BCUT2D eigenvalue weighted by Gasteiger charge is -2.02. The predicted molar refractivity (Wildman–Crippen MR) is 42.7 cm³/mol. The molecular formula is C8H12N2O. The number of ether oxygens (including phenoxy) is 1. The van der Waals surface area contributed by atoms with Gasteiger partial charge >= 0.3 is 6.01 Å². The summed E-state index contributed by atoms with van der Waals surface area (Å²) in [6.07, 6.45) is 1.77. The molecule has 0 unspecified atom stereocenters. The summed E-state index contributed by atoms with van der Waals surface area (Å²) in [6.45, 7) is 6.45. The standard InChI is InChI=1S/C8H12N2O/c1-4-11-8-9-5-6(2)7(3)10-8/h5H,4H2,1-3H3. The van der Waals surface area contributed by atoms with E-state index in [1.165, 1.54) is 0 Å². The van der Waals surface area contributed by atoms with Crippen LogP contribution in [0.1, 0.15) is 18.2 Å². The van der Waals surface area contributed by atoms with Gasteiger partial charge in [-0.15, -0.1) is 0 Å². The van der Waals surface area contributed by atoms with E-state index in [9.17, 15) is 0 Å². The Kier molecular flexibility index (Phi) is 2.41. The Morgan fingerprint density at radius 3 is 2.73 bits per heavy atom. The van der Waals surface area contributed by atoms with Crippen molar-refractivity contribution in [3.8, 4) is 6.01 Å². The van der Waals surface area contributed by atoms with Crippen LogP contribution >= 0.6 is 0 Å². The molecule has 1 aromatic rings. The Balaban J connectivity index is 2.86. The summed E-state index contributed by atoms with van der Waals surface area (Å²) in [7, 11) is 0. The SMILES string of the molecule is CCOc1ncc(C)c(C)n1. The molecule has 0 saturated heterocycles. The molecular weight excluding hydrogens is 140 g/mol. The topological polar surface area (TPSA) is 35.0 Å². The first kappa shape index (κ1) is 7.98. The smallest absolute Gasteiger partial charge is 0.316 e. The maximum absolute atomic E-state index is 5.12. The molecule has 1 heterocycles. The molecule has 0 amide bonds. The average molecular weight is 152 g/mol. The van der Waals surface area contributed by atoms with Crippen molar-refractivity contribution in [2.24, 2.45) is 0 Å². The van der Waals surface area contributed by atoms with Gasteiger partial charge in [-0.2, -0.15) is 0 Å². The second-order valence-electron chi connectivity index (χ2n) is 2.35. The van der Waals surface area contributed by atoms with Gasteiger partial charge in [-0.1, -0.05) is 0 Å². The summed E-state index contributed by atoms with van der Waals surface area (Å²) in [6, 6.07) is 0.468. The highest BCUT2D eigenvalue weighted by Gasteiger charge is 1.97. The molecule has 0 radical (unpaired) electrons. The molecule has 3 heteroatoms. The molecule has 0 N–H and O–H groups in total. The first-order valence-corrected chi connectivity index (χ1v) is 3.67. The van der Waals surface area contributed by atoms with Crippen molar-refractivity contribution in [1.82, 2.24) is 9.97 Å². The van der Waals surface area contributed by atoms with Gasteiger partial charge in [0, 0.05) is 11.9 Å². The molecule has 0 saturated carbocycles. The third kappa shape index (κ3) is 1.90. The van der Waals surface area contributed by atoms with Gasteiger partial charge in [0.2, 0.25) is 0 Å². The van der Waals surface area contributed by atoms with Crippen LogP contribution in [0.2, 0.25) is 0 Å². The van der Waals surface area contributed by atoms with Crippen LogP contribution in [0.3, 0.4) is 0 Å². The molecule has 0 bridgehead atoms. The average Bonchev–Trinajstić information content (AvgIpc) is 1.98. The Morgan fingerprint density at radius 2 is 2.18 bits per heavy atom. The summed E-state index contributed by atoms with van der Waals surface area (Å²) in [5.74, 6) is 0. The van der Waals surface area contributed by atoms with Crippen molar-refractivity contribution in [1.29, 1.82) is 0 Å². The molecule has 0 aromatic carbocycles. The number of hydrogen-bond acceptors (Lipinski definition) is 3. The highest BCUT2D eigenvalue weighted by atomic mass is 16.5. The van der Waals surface area contributed by atoms with Gasteiger partial charge in [0.25, 0.3) is 0 Å². The van der Waals surface area contributed by atoms with E-state index >= 15 is 0 Å². The van der Waals surface area contributed by atoms with Crippen LogP contribution in [0.5, 0.6) is 6.01 Å². The van der Waals surface area contributed by atoms with E-state index in [2.05, 4.69) is 9.97 Å². The normalized spacial score (nSPS) is 9.73. The zero-order valence-electron chi connectivity index (χ0n) is 7.09. The van der Waals surface area contributed by atoms with Crippen LogP contribution in [-0.2, 0) is 0 Å². The van der Waals surface area contributed by atoms with Gasteiger partial charge < -0.3 is 4.74 Å². The summed E-state index contributed by atoms with van der Waals surface area (Å²) in [4.78, 5) is 8.12. The van der Waals surface area contributed by atoms with E-state index in [1.807, 2.05) is 20.8 Å². The molecule has 0 aliphatic rings. The van der Waals surface area contributed by atoms with Crippen LogP contribution < -0.4 is 4.74 Å². The van der Waals surface area contributed by atoms with E-state index in [0.29, 0.717) is 12.6 Å². The minimum Gasteiger partial charge on any atom is -0.464 e. The minimum absolute atomic E-state index is 0.468. The molecule has 0 atom stereocenters. The van der Waals surface area contributed by atoms with Crippen molar-refractivity contribution < 1.29 is 4.74 Å². The molecule has 11 heavy (non-hydrogen) atoms. The van der Waals surface area contributed by atoms with Gasteiger partial charge in [-0.25, -0.2) is 9.97 Å². The monoisotopic (exact) mass is 152 g/mol. The van der Waals surface area contributed by atoms with Gasteiger partial charge in [0.15, 0.2) is 0 Å². The van der Waals surface area contributed by atoms with Gasteiger partial charge in [0.05, 0.1) is 6.61 Å². The summed E-state index contributed by atoms with van der Waals surface area (Å²) in [5, 5.41) is 0. The van der Waals surface area contributed by atoms with Crippen LogP contribution in [0, 0.1) is 13.8 Å². The van der Waals surface area contributed by atoms with Crippen molar-refractivity contribution >= 4 is 0 Å². The summed E-state index contributed by atoms with van der Waals surface area (Å²) >= 11 is 0. The summed E-state index contributed by atoms with van der Waals surface area (Å²) < 4.78 is 5.12. The lowest BCUT2D eigenvalue weighted by atomic mass is 10.3. The molecule has 1 rings (SSSR count). The Morgan fingerprint density at radius 1 is 1.45 bits per heavy atom. The lowest BCUT2D eigenvalue weighted by Crippen LogP contribution is -1.99. The van der Waals surface area contributed by atoms with Crippen molar-refractivity contribution in [3.05, 3.63) is 17.5 Å². The van der Waals surface area contributed by atoms with Gasteiger partial charge in [0.1, 0.15) is 0 Å². The van der Waals surface area contributed by atoms with Crippen LogP contribution in [0.15, 0.2) is 6.20 Å². The first-order valence-electron chi connectivity index (χ1n) is 3.67. The highest BCUT2D eigenvalue weighted by molar-refractivity contribution is 5.15. The fourth-order valence-electron chi connectivity index (χ4n) is 0.705. The number of aromatic nitrogens is 2. The largest absolute Gasteiger partial charge is 0.464 e. The molecule has 0 fully saturated rings. The van der Waals surface area contributed by atoms with Crippen molar-refractivity contribution in [2.45, 2.75) is 20.8 Å². The molecule has 3 nitrogen and oxygen atoms in total. The van der Waals surface area contributed by atoms with Crippen LogP contribution in [-0.4, -0.2) is 16.6 Å². The van der Waals surface area contributed by atoms with E-state index in [1.54, 1.807) is 6.20 Å². The maximum Gasteiger partial charge on any atom is 0.316 e. The van der Waals surface area contributed by atoms with E-state index in [4.69, 9.17) is 4.74 Å². The highest BCUT2D eigenvalue weighted by Crippen LogP contribution is 2.06. The zero-order valence-corrected chi connectivity index (χ0v) is 7.09. The zero-order chi connectivity index (χ0) is 8.27. The second-order valence-corrected chi connectivity index (χ2v) is 2.35. The first-order chi connectivity index (χ1) is 5.24. The van der Waals surface area contributed by atoms with Crippen LogP contribution in [0.25, 0.3) is 0 Å². The number of rotatable bonds is 2. The molecule has 0 aliphatic carbocycles. The lowest BCUT2D eigenvalue weighted by molar-refractivity contribution is 0.311. The van der Waals surface area contributed by atoms with E-state index in [-0.39, 0.29) is 0 Å². The predicted octanol–water partition coefficient (Wildman–Crippen LogP) is 1.49. The molecule has 0 aliphatic heterocycles. The number of hydrogen-bond donors (Lipinski definition) is 0. The van der Waals surface area contributed by atoms with Crippen LogP contribution in [0.4, 0.5) is 0 Å². The number of aryl methyl sites for hydroxylation is 2. The maximum atomic E-state index is 5.12. The fraction of sp³-hybridized carbons (Fsp3) is 0.500. The Bertz CT molecular complexity index is 248. The minimum atomic E-state index is 0.468. The molecule has 60 valence electrons. The van der Waals surface area contributed by atoms with E-state index < -0.39 is 0 Å². The fourth-order valence-corrected chi connectivity index (χ4v) is 0.705. The molecule has 1 aromatic heterocycles. The van der Waals surface area contributed by atoms with Crippen molar-refractivity contribution in [2.75, 3.05) is 6.61 Å². The second kappa shape index (κ2) is 3.32. The van der Waals surface area contributed by atoms with Gasteiger partial charge in [-0.3, -0.25) is 0 Å². The van der Waals surface area contributed by atoms with E-state index in [0.717, 1.165) is 11.3 Å². The van der Waals surface area contributed by atoms with Gasteiger partial charge in [-0.05, 0) is 26.3 Å². The van der Waals surface area contributed by atoms with Crippen molar-refractivity contribution in [3.63, 3.8) is 0 Å². The number of nitrogens with zero attached hydrogens (tertiary/aromatic N) is 2. The summed E-state index contributed by atoms with van der Waals surface area (Å²) in [5.41, 5.74) is 2.07. The Hall–Kier alpha value is -1.12. The Labute approximate surface area is 66.4 Å². The third-order valence-electron chi connectivity index (χ3n) is 1.48.